The summed E-state index contributed by atoms with van der Waals surface area (Å²) in [6.07, 6.45) is -0.0292. The molecule has 32 heavy (non-hydrogen) atoms. The van der Waals surface area contributed by atoms with E-state index < -0.39 is 17.3 Å². The van der Waals surface area contributed by atoms with Crippen LogP contribution in [0, 0.1) is 0 Å². The van der Waals surface area contributed by atoms with E-state index in [0.717, 1.165) is 5.06 Å². The summed E-state index contributed by atoms with van der Waals surface area (Å²) in [5, 5.41) is -0.0169. The van der Waals surface area contributed by atoms with Crippen molar-refractivity contribution < 1.29 is 33.3 Å². The molecule has 0 heterocycles. The third kappa shape index (κ3) is 5.60. The predicted molar refractivity (Wildman–Crippen MR) is 119 cm³/mol. The fourth-order valence-corrected chi connectivity index (χ4v) is 3.28. The highest BCUT2D eigenvalue weighted by Crippen LogP contribution is 2.39. The van der Waals surface area contributed by atoms with Gasteiger partial charge in [0.05, 0.1) is 36.4 Å². The van der Waals surface area contributed by atoms with Crippen molar-refractivity contribution in [2.24, 2.45) is 0 Å². The minimum atomic E-state index is -1.05. The van der Waals surface area contributed by atoms with Gasteiger partial charge in [-0.05, 0) is 44.4 Å². The van der Waals surface area contributed by atoms with E-state index in [4.69, 9.17) is 20.0 Å². The number of nitrogens with zero attached hydrogens (tertiary/aromatic N) is 1. The molecule has 1 amide bonds. The largest absolute Gasteiger partial charge is 0.462 e. The molecule has 172 valence electrons. The Labute approximate surface area is 188 Å². The molecule has 2 aliphatic rings. The molecule has 9 nitrogen and oxygen atoms in total. The first-order valence-electron chi connectivity index (χ1n) is 10.0. The molecule has 0 fully saturated rings. The summed E-state index contributed by atoms with van der Waals surface area (Å²) in [5.41, 5.74) is 7.73. The molecule has 2 rings (SSSR count). The van der Waals surface area contributed by atoms with E-state index in [0.29, 0.717) is 16.7 Å². The smallest absolute Gasteiger partial charge is 0.340 e. The third-order valence-electron chi connectivity index (χ3n) is 4.54. The summed E-state index contributed by atoms with van der Waals surface area (Å²) in [6, 6.07) is 6.54. The maximum atomic E-state index is 12.5. The number of fused-ring (bicyclic) bond motifs is 1. The van der Waals surface area contributed by atoms with Gasteiger partial charge in [-0.3, -0.25) is 14.2 Å². The molecule has 0 aromatic carbocycles. The first-order valence-corrected chi connectivity index (χ1v) is 10.9. The SMILES string of the molecule is CCOC(=O)c1c2ccc(CC(=O)N(C)OC(C)(C)P=O)ccc-2c(C(=O)OCC)c1N. The fraction of sp³-hybridized carbons (Fsp3) is 0.409. The predicted octanol–water partition coefficient (Wildman–Crippen LogP) is 3.69. The lowest BCUT2D eigenvalue weighted by atomic mass is 10.1. The van der Waals surface area contributed by atoms with E-state index in [9.17, 15) is 18.9 Å². The van der Waals surface area contributed by atoms with Crippen molar-refractivity contribution in [1.29, 1.82) is 0 Å². The minimum absolute atomic E-state index is 0.00660. The van der Waals surface area contributed by atoms with Crippen molar-refractivity contribution in [3.05, 3.63) is 41.0 Å². The monoisotopic (exact) mass is 462 g/mol. The third-order valence-corrected chi connectivity index (χ3v) is 5.06. The molecule has 0 saturated carbocycles. The molecule has 0 saturated heterocycles. The van der Waals surface area contributed by atoms with Gasteiger partial charge >= 0.3 is 11.9 Å². The zero-order valence-corrected chi connectivity index (χ0v) is 19.7. The molecule has 0 radical (unpaired) electrons. The number of carbonyl (C=O) groups excluding carboxylic acids is 3. The number of hydrogen-bond acceptors (Lipinski definition) is 8. The second kappa shape index (κ2) is 10.5. The van der Waals surface area contributed by atoms with Crippen LogP contribution in [0.2, 0.25) is 0 Å². The highest BCUT2D eigenvalue weighted by atomic mass is 31.1. The lowest BCUT2D eigenvalue weighted by molar-refractivity contribution is -0.199. The van der Waals surface area contributed by atoms with Gasteiger partial charge in [-0.25, -0.2) is 14.7 Å². The Balaban J connectivity index is 2.47. The molecule has 0 spiro atoms. The quantitative estimate of drug-likeness (QED) is 0.340. The van der Waals surface area contributed by atoms with E-state index in [2.05, 4.69) is 0 Å². The Kier molecular flexibility index (Phi) is 8.30. The maximum absolute atomic E-state index is 12.5. The van der Waals surface area contributed by atoms with Gasteiger partial charge in [-0.15, -0.1) is 0 Å². The summed E-state index contributed by atoms with van der Waals surface area (Å²) in [5.74, 6) is -1.67. The van der Waals surface area contributed by atoms with Crippen LogP contribution < -0.4 is 5.73 Å². The van der Waals surface area contributed by atoms with Crippen molar-refractivity contribution >= 4 is 32.0 Å². The normalized spacial score (nSPS) is 11.4. The van der Waals surface area contributed by atoms with Crippen LogP contribution >= 0.6 is 8.46 Å². The van der Waals surface area contributed by atoms with Crippen molar-refractivity contribution in [3.8, 4) is 11.1 Å². The average molecular weight is 462 g/mol. The van der Waals surface area contributed by atoms with Crippen molar-refractivity contribution in [2.45, 2.75) is 39.5 Å². The number of hydroxylamine groups is 2. The molecular weight excluding hydrogens is 435 g/mol. The van der Waals surface area contributed by atoms with Gasteiger partial charge in [0.25, 0.3) is 0 Å². The Morgan fingerprint density at radius 2 is 1.44 bits per heavy atom. The number of nitrogens with two attached hydrogens (primary N) is 1. The first-order chi connectivity index (χ1) is 15.1. The summed E-state index contributed by atoms with van der Waals surface area (Å²) < 4.78 is 21.4. The molecule has 0 aromatic rings. The first kappa shape index (κ1) is 25.2. The molecule has 2 N–H and O–H groups in total. The Morgan fingerprint density at radius 3 is 1.84 bits per heavy atom. The second-order valence-corrected chi connectivity index (χ2v) is 8.63. The van der Waals surface area contributed by atoms with E-state index in [1.54, 1.807) is 52.0 Å². The number of rotatable bonds is 9. The van der Waals surface area contributed by atoms with Crippen LogP contribution in [0.1, 0.15) is 54.0 Å². The van der Waals surface area contributed by atoms with E-state index in [1.165, 1.54) is 7.05 Å². The van der Waals surface area contributed by atoms with Gasteiger partial charge in [0.2, 0.25) is 5.91 Å². The molecule has 0 bridgehead atoms. The Bertz CT molecular complexity index is 950. The molecule has 0 atom stereocenters. The van der Waals surface area contributed by atoms with Crippen LogP contribution in [0.3, 0.4) is 0 Å². The van der Waals surface area contributed by atoms with E-state index in [1.807, 2.05) is 0 Å². The van der Waals surface area contributed by atoms with Crippen LogP contribution in [0.5, 0.6) is 0 Å². The number of likely N-dealkylation sites (N-methyl/N-ethyl adjacent to an activating group) is 1. The van der Waals surface area contributed by atoms with E-state index in [-0.39, 0.29) is 50.8 Å². The molecule has 10 heteroatoms. The lowest BCUT2D eigenvalue weighted by Gasteiger charge is -2.24. The lowest BCUT2D eigenvalue weighted by Crippen LogP contribution is -2.35. The second-order valence-electron chi connectivity index (χ2n) is 7.37. The summed E-state index contributed by atoms with van der Waals surface area (Å²) in [6.45, 7) is 6.79. The number of hydrogen-bond donors (Lipinski definition) is 1. The number of anilines is 1. The molecule has 0 unspecified atom stereocenters. The van der Waals surface area contributed by atoms with Gasteiger partial charge < -0.3 is 15.2 Å². The van der Waals surface area contributed by atoms with Gasteiger partial charge in [0.15, 0.2) is 13.8 Å². The molecule has 0 aliphatic heterocycles. The summed E-state index contributed by atoms with van der Waals surface area (Å²) >= 11 is 0. The molecular formula is C22H27N2O7P. The standard InChI is InChI=1S/C22H27N2O7P/c1-6-29-20(26)17-14-10-8-13(12-16(25)24(5)31-22(3,4)32-28)9-11-15(14)18(19(17)23)21(27)30-7-2/h8-11H,6-7,12,23H2,1-5H3. The number of ether oxygens (including phenoxy) is 2. The van der Waals surface area contributed by atoms with Gasteiger partial charge in [-0.1, -0.05) is 24.3 Å². The number of carbonyl (C=O) groups is 3. The Morgan fingerprint density at radius 1 is 0.969 bits per heavy atom. The van der Waals surface area contributed by atoms with Crippen molar-refractivity contribution in [3.63, 3.8) is 0 Å². The van der Waals surface area contributed by atoms with Gasteiger partial charge in [-0.2, -0.15) is 0 Å². The van der Waals surface area contributed by atoms with Gasteiger partial charge in [0, 0.05) is 7.05 Å². The van der Waals surface area contributed by atoms with Gasteiger partial charge in [0.1, 0.15) is 0 Å². The average Bonchev–Trinajstić information content (AvgIpc) is 2.86. The number of amides is 1. The highest BCUT2D eigenvalue weighted by Gasteiger charge is 2.31. The van der Waals surface area contributed by atoms with E-state index >= 15 is 0 Å². The highest BCUT2D eigenvalue weighted by molar-refractivity contribution is 7.25. The number of nitrogen functional groups attached to an aromatic ring is 1. The van der Waals surface area contributed by atoms with Crippen LogP contribution in [0.4, 0.5) is 5.69 Å². The minimum Gasteiger partial charge on any atom is -0.462 e. The maximum Gasteiger partial charge on any atom is 0.340 e. The van der Waals surface area contributed by atoms with Crippen molar-refractivity contribution in [2.75, 3.05) is 26.0 Å². The van der Waals surface area contributed by atoms with Crippen LogP contribution in [0.25, 0.3) is 11.1 Å². The number of esters is 2. The molecule has 0 aromatic heterocycles. The topological polar surface area (TPSA) is 125 Å². The van der Waals surface area contributed by atoms with Crippen LogP contribution in [-0.4, -0.2) is 48.5 Å². The zero-order chi connectivity index (χ0) is 24.1. The van der Waals surface area contributed by atoms with Crippen molar-refractivity contribution in [1.82, 2.24) is 5.06 Å². The summed E-state index contributed by atoms with van der Waals surface area (Å²) in [7, 11) is 1.18. The summed E-state index contributed by atoms with van der Waals surface area (Å²) in [4.78, 5) is 43.0. The van der Waals surface area contributed by atoms with Crippen LogP contribution in [0.15, 0.2) is 24.3 Å². The molecule has 2 aliphatic carbocycles. The zero-order valence-electron chi connectivity index (χ0n) is 18.8. The van der Waals surface area contributed by atoms with Crippen LogP contribution in [-0.2, 0) is 30.1 Å². The Hall–Kier alpha value is -3.03. The fourth-order valence-electron chi connectivity index (χ4n) is 3.12.